The Labute approximate surface area is 117 Å². The molecule has 0 aliphatic heterocycles. The Morgan fingerprint density at radius 1 is 1.35 bits per heavy atom. The number of carbonyl (C=O) groups is 2. The maximum Gasteiger partial charge on any atom is 0.335 e. The van der Waals surface area contributed by atoms with Crippen LogP contribution in [0, 0.1) is 0 Å². The Hall–Kier alpha value is -2.24. The highest BCUT2D eigenvalue weighted by molar-refractivity contribution is 5.93. The van der Waals surface area contributed by atoms with E-state index in [1.165, 1.54) is 12.1 Å². The van der Waals surface area contributed by atoms with Crippen molar-refractivity contribution in [3.63, 3.8) is 0 Å². The summed E-state index contributed by atoms with van der Waals surface area (Å²) in [7, 11) is 0. The molecule has 0 fully saturated rings. The minimum atomic E-state index is -1.13. The van der Waals surface area contributed by atoms with E-state index in [9.17, 15) is 14.7 Å². The third-order valence-corrected chi connectivity index (χ3v) is 2.86. The van der Waals surface area contributed by atoms with E-state index >= 15 is 0 Å². The van der Waals surface area contributed by atoms with Crippen molar-refractivity contribution in [1.82, 2.24) is 5.32 Å². The summed E-state index contributed by atoms with van der Waals surface area (Å²) in [5.74, 6) is -1.41. The van der Waals surface area contributed by atoms with E-state index in [0.717, 1.165) is 25.3 Å². The number of phenolic OH excluding ortho intramolecular Hbond substituents is 1. The van der Waals surface area contributed by atoms with Crippen molar-refractivity contribution in [1.29, 1.82) is 0 Å². The van der Waals surface area contributed by atoms with Gasteiger partial charge in [0.15, 0.2) is 0 Å². The third kappa shape index (κ3) is 4.79. The van der Waals surface area contributed by atoms with Crippen molar-refractivity contribution in [2.24, 2.45) is 0 Å². The summed E-state index contributed by atoms with van der Waals surface area (Å²) in [5, 5.41) is 23.7. The van der Waals surface area contributed by atoms with Gasteiger partial charge in [-0.15, -0.1) is 0 Å². The lowest BCUT2D eigenvalue weighted by Crippen LogP contribution is -2.36. The lowest BCUT2D eigenvalue weighted by molar-refractivity contribution is 0.0696. The molecular formula is C14H20N2O4. The number of phenols is 1. The van der Waals surface area contributed by atoms with Gasteiger partial charge in [0, 0.05) is 6.04 Å². The quantitative estimate of drug-likeness (QED) is 0.602. The molecule has 6 nitrogen and oxygen atoms in total. The van der Waals surface area contributed by atoms with Gasteiger partial charge in [-0.2, -0.15) is 0 Å². The molecule has 1 atom stereocenters. The number of unbranched alkanes of at least 4 members (excludes halogenated alkanes) is 1. The Bertz CT molecular complexity index is 488. The molecule has 0 spiro atoms. The SMILES string of the molecule is CCCCC(C)NC(=O)Nc1ccc(C(=O)O)cc1O. The fourth-order valence-corrected chi connectivity index (χ4v) is 1.74. The summed E-state index contributed by atoms with van der Waals surface area (Å²) in [5.41, 5.74) is 0.139. The van der Waals surface area contributed by atoms with E-state index in [1.807, 2.05) is 6.92 Å². The lowest BCUT2D eigenvalue weighted by Gasteiger charge is -2.14. The third-order valence-electron chi connectivity index (χ3n) is 2.86. The number of carboxylic acid groups (broad SMARTS) is 1. The number of hydrogen-bond donors (Lipinski definition) is 4. The van der Waals surface area contributed by atoms with Crippen LogP contribution in [0.2, 0.25) is 0 Å². The van der Waals surface area contributed by atoms with Crippen molar-refractivity contribution in [3.05, 3.63) is 23.8 Å². The van der Waals surface area contributed by atoms with E-state index in [2.05, 4.69) is 17.6 Å². The van der Waals surface area contributed by atoms with Crippen LogP contribution in [0.15, 0.2) is 18.2 Å². The van der Waals surface area contributed by atoms with Gasteiger partial charge >= 0.3 is 12.0 Å². The van der Waals surface area contributed by atoms with Crippen molar-refractivity contribution >= 4 is 17.7 Å². The molecular weight excluding hydrogens is 260 g/mol. The highest BCUT2D eigenvalue weighted by Crippen LogP contribution is 2.24. The zero-order chi connectivity index (χ0) is 15.1. The summed E-state index contributed by atoms with van der Waals surface area (Å²) in [4.78, 5) is 22.4. The standard InChI is InChI=1S/C14H20N2O4/c1-3-4-5-9(2)15-14(20)16-11-7-6-10(13(18)19)8-12(11)17/h6-9,17H,3-5H2,1-2H3,(H,18,19)(H2,15,16,20). The first-order valence-electron chi connectivity index (χ1n) is 6.57. The molecule has 1 unspecified atom stereocenters. The monoisotopic (exact) mass is 280 g/mol. The number of anilines is 1. The van der Waals surface area contributed by atoms with Crippen molar-refractivity contribution < 1.29 is 19.8 Å². The number of rotatable bonds is 6. The normalized spacial score (nSPS) is 11.7. The van der Waals surface area contributed by atoms with Gasteiger partial charge in [-0.25, -0.2) is 9.59 Å². The fourth-order valence-electron chi connectivity index (χ4n) is 1.74. The van der Waals surface area contributed by atoms with Crippen LogP contribution in [0.3, 0.4) is 0 Å². The highest BCUT2D eigenvalue weighted by Gasteiger charge is 2.11. The molecule has 2 amide bonds. The summed E-state index contributed by atoms with van der Waals surface area (Å²) >= 11 is 0. The van der Waals surface area contributed by atoms with Crippen LogP contribution < -0.4 is 10.6 Å². The number of nitrogens with one attached hydrogen (secondary N) is 2. The van der Waals surface area contributed by atoms with Gasteiger partial charge in [-0.05, 0) is 31.5 Å². The molecule has 0 aliphatic carbocycles. The first-order valence-corrected chi connectivity index (χ1v) is 6.57. The molecule has 0 saturated carbocycles. The van der Waals surface area contributed by atoms with Crippen molar-refractivity contribution in [2.75, 3.05) is 5.32 Å². The van der Waals surface area contributed by atoms with Crippen LogP contribution in [0.1, 0.15) is 43.5 Å². The first kappa shape index (κ1) is 15.8. The van der Waals surface area contributed by atoms with Crippen LogP contribution >= 0.6 is 0 Å². The molecule has 0 saturated heterocycles. The van der Waals surface area contributed by atoms with Gasteiger partial charge in [-0.3, -0.25) is 0 Å². The van der Waals surface area contributed by atoms with Gasteiger partial charge in [0.2, 0.25) is 0 Å². The minimum absolute atomic E-state index is 0.0372. The molecule has 0 bridgehead atoms. The number of amides is 2. The summed E-state index contributed by atoms with van der Waals surface area (Å²) in [6.07, 6.45) is 2.97. The largest absolute Gasteiger partial charge is 0.506 e. The smallest absolute Gasteiger partial charge is 0.335 e. The number of aromatic hydroxyl groups is 1. The molecule has 0 radical (unpaired) electrons. The summed E-state index contributed by atoms with van der Waals surface area (Å²) in [6, 6.07) is 3.38. The second-order valence-corrected chi connectivity index (χ2v) is 4.68. The van der Waals surface area contributed by atoms with Gasteiger partial charge < -0.3 is 20.8 Å². The Morgan fingerprint density at radius 3 is 2.60 bits per heavy atom. The predicted octanol–water partition coefficient (Wildman–Crippen LogP) is 2.79. The molecule has 0 aliphatic rings. The van der Waals surface area contributed by atoms with Gasteiger partial charge in [0.1, 0.15) is 5.75 Å². The first-order chi connectivity index (χ1) is 9.43. The topological polar surface area (TPSA) is 98.7 Å². The molecule has 1 rings (SSSR count). The van der Waals surface area contributed by atoms with E-state index < -0.39 is 12.0 Å². The average Bonchev–Trinajstić information content (AvgIpc) is 2.38. The van der Waals surface area contributed by atoms with Crippen LogP contribution in [0.5, 0.6) is 5.75 Å². The zero-order valence-corrected chi connectivity index (χ0v) is 11.6. The Balaban J connectivity index is 2.60. The van der Waals surface area contributed by atoms with E-state index in [4.69, 9.17) is 5.11 Å². The number of aromatic carboxylic acids is 1. The highest BCUT2D eigenvalue weighted by atomic mass is 16.4. The number of urea groups is 1. The van der Waals surface area contributed by atoms with Gasteiger partial charge in [0.25, 0.3) is 0 Å². The molecule has 6 heteroatoms. The maximum atomic E-state index is 11.7. The number of hydrogen-bond acceptors (Lipinski definition) is 3. The van der Waals surface area contributed by atoms with Crippen molar-refractivity contribution in [3.8, 4) is 5.75 Å². The molecule has 20 heavy (non-hydrogen) atoms. The number of carboxylic acids is 1. The number of benzene rings is 1. The predicted molar refractivity (Wildman–Crippen MR) is 76.2 cm³/mol. The second kappa shape index (κ2) is 7.37. The molecule has 110 valence electrons. The Kier molecular flexibility index (Phi) is 5.83. The second-order valence-electron chi connectivity index (χ2n) is 4.68. The van der Waals surface area contributed by atoms with Gasteiger partial charge in [-0.1, -0.05) is 19.8 Å². The van der Waals surface area contributed by atoms with E-state index in [-0.39, 0.29) is 23.0 Å². The lowest BCUT2D eigenvalue weighted by atomic mass is 10.1. The Morgan fingerprint density at radius 2 is 2.05 bits per heavy atom. The zero-order valence-electron chi connectivity index (χ0n) is 11.6. The summed E-state index contributed by atoms with van der Waals surface area (Å²) < 4.78 is 0. The maximum absolute atomic E-state index is 11.7. The number of carbonyl (C=O) groups excluding carboxylic acids is 1. The van der Waals surface area contributed by atoms with Crippen LogP contribution in [-0.4, -0.2) is 28.3 Å². The van der Waals surface area contributed by atoms with Crippen LogP contribution in [0.4, 0.5) is 10.5 Å². The van der Waals surface area contributed by atoms with Crippen LogP contribution in [0.25, 0.3) is 0 Å². The molecule has 0 heterocycles. The van der Waals surface area contributed by atoms with E-state index in [1.54, 1.807) is 0 Å². The van der Waals surface area contributed by atoms with Crippen molar-refractivity contribution in [2.45, 2.75) is 39.2 Å². The van der Waals surface area contributed by atoms with Crippen LogP contribution in [-0.2, 0) is 0 Å². The average molecular weight is 280 g/mol. The molecule has 0 aromatic heterocycles. The molecule has 1 aromatic rings. The molecule has 4 N–H and O–H groups in total. The minimum Gasteiger partial charge on any atom is -0.506 e. The fraction of sp³-hybridized carbons (Fsp3) is 0.429. The summed E-state index contributed by atoms with van der Waals surface area (Å²) in [6.45, 7) is 3.98. The molecule has 1 aromatic carbocycles. The van der Waals surface area contributed by atoms with E-state index in [0.29, 0.717) is 0 Å². The van der Waals surface area contributed by atoms with Gasteiger partial charge in [0.05, 0.1) is 11.3 Å².